The number of amides is 1. The summed E-state index contributed by atoms with van der Waals surface area (Å²) >= 11 is 0. The zero-order chi connectivity index (χ0) is 29.1. The van der Waals surface area contributed by atoms with Crippen molar-refractivity contribution in [1.82, 2.24) is 5.32 Å². The van der Waals surface area contributed by atoms with Gasteiger partial charge in [0.2, 0.25) is 5.78 Å². The van der Waals surface area contributed by atoms with E-state index in [0.29, 0.717) is 22.3 Å². The first kappa shape index (κ1) is 27.4. The van der Waals surface area contributed by atoms with Crippen LogP contribution in [0.2, 0.25) is 0 Å². The number of fused-ring (bicyclic) bond motifs is 3. The molecule has 1 fully saturated rings. The van der Waals surface area contributed by atoms with E-state index in [4.69, 9.17) is 5.73 Å². The molecule has 0 spiro atoms. The minimum absolute atomic E-state index is 0.00181. The lowest BCUT2D eigenvalue weighted by Crippen LogP contribution is -2.58. The number of nitrogens with one attached hydrogen (secondary N) is 1. The van der Waals surface area contributed by atoms with Crippen LogP contribution >= 0.6 is 0 Å². The molecule has 40 heavy (non-hydrogen) atoms. The van der Waals surface area contributed by atoms with Crippen molar-refractivity contribution >= 4 is 23.2 Å². The Kier molecular flexibility index (Phi) is 6.50. The number of aliphatic hydroxyl groups excluding tert-OH is 2. The van der Waals surface area contributed by atoms with E-state index < -0.39 is 71.1 Å². The van der Waals surface area contributed by atoms with Gasteiger partial charge >= 0.3 is 6.18 Å². The maximum absolute atomic E-state index is 13.6. The Morgan fingerprint density at radius 2 is 1.73 bits per heavy atom. The van der Waals surface area contributed by atoms with Crippen LogP contribution in [0.4, 0.5) is 13.2 Å². The van der Waals surface area contributed by atoms with Crippen LogP contribution < -0.4 is 11.1 Å². The molecule has 0 saturated heterocycles. The Labute approximate surface area is 225 Å². The van der Waals surface area contributed by atoms with E-state index in [-0.39, 0.29) is 36.3 Å². The van der Waals surface area contributed by atoms with Crippen LogP contribution in [0, 0.1) is 11.8 Å². The summed E-state index contributed by atoms with van der Waals surface area (Å²) in [6, 6.07) is 9.59. The predicted octanol–water partition coefficient (Wildman–Crippen LogP) is 2.74. The summed E-state index contributed by atoms with van der Waals surface area (Å²) in [5.74, 6) is -7.02. The molecule has 5 rings (SSSR count). The summed E-state index contributed by atoms with van der Waals surface area (Å²) in [5, 5.41) is 46.2. The largest absolute Gasteiger partial charge is 0.508 e. The highest BCUT2D eigenvalue weighted by atomic mass is 19.4. The number of rotatable bonds is 5. The standard InChI is InChI=1S/C28H25F3N2O7/c29-27(30,31)11-33-10-12-1-3-13(4-2-12)16-5-6-18(34)21-17(16)8-14-7-15-9-19(35)22(26(32)39)25(38)28(15,40)24(37)20(14)23(21)36/h1-6,14-15,33-34,36,38,40H,7-11H2,(H2,32,39)/t14-,15+,28+/m1/s1. The predicted molar refractivity (Wildman–Crippen MR) is 135 cm³/mol. The first-order chi connectivity index (χ1) is 18.7. The molecule has 1 saturated carbocycles. The number of hydrogen-bond acceptors (Lipinski definition) is 8. The molecule has 0 aliphatic heterocycles. The Balaban J connectivity index is 1.54. The van der Waals surface area contributed by atoms with E-state index in [2.05, 4.69) is 5.32 Å². The summed E-state index contributed by atoms with van der Waals surface area (Å²) in [7, 11) is 0. The summed E-state index contributed by atoms with van der Waals surface area (Å²) in [4.78, 5) is 37.8. The fourth-order valence-corrected chi connectivity index (χ4v) is 6.04. The Bertz CT molecular complexity index is 1510. The van der Waals surface area contributed by atoms with E-state index >= 15 is 0 Å². The van der Waals surface area contributed by atoms with Crippen LogP contribution in [0.5, 0.6) is 5.75 Å². The molecule has 0 heterocycles. The number of Topliss-reactive ketones (excluding diaryl/α,β-unsaturated/α-hetero) is 2. The molecular formula is C28H25F3N2O7. The molecule has 1 amide bonds. The highest BCUT2D eigenvalue weighted by Gasteiger charge is 2.60. The number of carbonyl (C=O) groups is 3. The third kappa shape index (κ3) is 4.33. The average molecular weight is 559 g/mol. The van der Waals surface area contributed by atoms with Crippen molar-refractivity contribution < 1.29 is 48.0 Å². The van der Waals surface area contributed by atoms with Gasteiger partial charge in [-0.15, -0.1) is 0 Å². The smallest absolute Gasteiger partial charge is 0.401 e. The van der Waals surface area contributed by atoms with Gasteiger partial charge in [0.25, 0.3) is 5.91 Å². The van der Waals surface area contributed by atoms with Crippen molar-refractivity contribution in [3.8, 4) is 16.9 Å². The SMILES string of the molecule is NC(=O)C1=C(O)[C@@]2(O)C(=O)C3=C(O)c4c(O)ccc(-c5ccc(CNCC(F)(F)F)cc5)c4C[C@H]3C[C@H]2CC1=O. The zero-order valence-electron chi connectivity index (χ0n) is 20.9. The molecule has 12 heteroatoms. The van der Waals surface area contributed by atoms with E-state index in [1.807, 2.05) is 0 Å². The van der Waals surface area contributed by atoms with Crippen LogP contribution in [0.15, 0.2) is 53.3 Å². The molecule has 3 aliphatic carbocycles. The van der Waals surface area contributed by atoms with E-state index in [1.54, 1.807) is 30.3 Å². The number of primary amides is 1. The van der Waals surface area contributed by atoms with Crippen LogP contribution in [-0.4, -0.2) is 56.2 Å². The molecule has 0 radical (unpaired) electrons. The van der Waals surface area contributed by atoms with Crippen LogP contribution in [0.25, 0.3) is 16.9 Å². The maximum Gasteiger partial charge on any atom is 0.401 e. The first-order valence-corrected chi connectivity index (χ1v) is 12.4. The van der Waals surface area contributed by atoms with Gasteiger partial charge in [-0.2, -0.15) is 13.2 Å². The molecule has 210 valence electrons. The minimum atomic E-state index is -4.33. The molecule has 0 unspecified atom stereocenters. The van der Waals surface area contributed by atoms with Gasteiger partial charge in [0.1, 0.15) is 22.8 Å². The average Bonchev–Trinajstić information content (AvgIpc) is 2.86. The molecule has 0 bridgehead atoms. The fourth-order valence-electron chi connectivity index (χ4n) is 6.04. The number of aliphatic hydroxyl groups is 3. The van der Waals surface area contributed by atoms with Crippen LogP contribution in [-0.2, 0) is 27.3 Å². The van der Waals surface area contributed by atoms with E-state index in [1.165, 1.54) is 6.07 Å². The number of hydrogen-bond donors (Lipinski definition) is 6. The number of ketones is 2. The second-order valence-corrected chi connectivity index (χ2v) is 10.3. The molecule has 3 atom stereocenters. The Hall–Kier alpha value is -4.16. The number of phenolic OH excluding ortho intramolecular Hbond substituents is 1. The van der Waals surface area contributed by atoms with Crippen molar-refractivity contribution in [2.75, 3.05) is 6.54 Å². The van der Waals surface area contributed by atoms with Gasteiger partial charge in [0.05, 0.1) is 12.1 Å². The summed E-state index contributed by atoms with van der Waals surface area (Å²) in [6.45, 7) is -1.14. The second kappa shape index (κ2) is 9.49. The number of alkyl halides is 3. The molecule has 0 aromatic heterocycles. The molecule has 7 N–H and O–H groups in total. The number of phenols is 1. The molecule has 9 nitrogen and oxygen atoms in total. The maximum atomic E-state index is 13.6. The quantitative estimate of drug-likeness (QED) is 0.304. The lowest BCUT2D eigenvalue weighted by Gasteiger charge is -2.46. The summed E-state index contributed by atoms with van der Waals surface area (Å²) < 4.78 is 37.3. The zero-order valence-corrected chi connectivity index (χ0v) is 20.9. The Morgan fingerprint density at radius 1 is 1.05 bits per heavy atom. The van der Waals surface area contributed by atoms with E-state index in [0.717, 1.165) is 0 Å². The molecular weight excluding hydrogens is 533 g/mol. The molecule has 3 aliphatic rings. The van der Waals surface area contributed by atoms with E-state index in [9.17, 15) is 48.0 Å². The van der Waals surface area contributed by atoms with Crippen molar-refractivity contribution in [2.45, 2.75) is 37.6 Å². The topological polar surface area (TPSA) is 170 Å². The third-order valence-corrected chi connectivity index (χ3v) is 7.87. The summed E-state index contributed by atoms with van der Waals surface area (Å²) in [6.07, 6.45) is -4.62. The molecule has 2 aromatic carbocycles. The van der Waals surface area contributed by atoms with Gasteiger partial charge in [-0.3, -0.25) is 14.4 Å². The first-order valence-electron chi connectivity index (χ1n) is 12.4. The Morgan fingerprint density at radius 3 is 2.35 bits per heavy atom. The van der Waals surface area contributed by atoms with Crippen molar-refractivity contribution in [3.63, 3.8) is 0 Å². The van der Waals surface area contributed by atoms with Gasteiger partial charge in [0.15, 0.2) is 11.4 Å². The monoisotopic (exact) mass is 558 g/mol. The van der Waals surface area contributed by atoms with Crippen LogP contribution in [0.1, 0.15) is 29.5 Å². The highest BCUT2D eigenvalue weighted by Crippen LogP contribution is 2.53. The van der Waals surface area contributed by atoms with Crippen LogP contribution in [0.3, 0.4) is 0 Å². The number of benzene rings is 2. The van der Waals surface area contributed by atoms with Gasteiger partial charge in [-0.25, -0.2) is 0 Å². The van der Waals surface area contributed by atoms with Gasteiger partial charge in [0, 0.05) is 24.5 Å². The lowest BCUT2D eigenvalue weighted by atomic mass is 9.59. The fraction of sp³-hybridized carbons (Fsp3) is 0.321. The lowest BCUT2D eigenvalue weighted by molar-refractivity contribution is -0.147. The molecule has 2 aromatic rings. The normalized spacial score (nSPS) is 24.5. The van der Waals surface area contributed by atoms with Gasteiger partial charge < -0.3 is 31.5 Å². The number of halogens is 3. The minimum Gasteiger partial charge on any atom is -0.508 e. The second-order valence-electron chi connectivity index (χ2n) is 10.3. The van der Waals surface area contributed by atoms with Crippen molar-refractivity contribution in [1.29, 1.82) is 0 Å². The highest BCUT2D eigenvalue weighted by molar-refractivity contribution is 6.22. The van der Waals surface area contributed by atoms with Gasteiger partial charge in [-0.05, 0) is 47.1 Å². The summed E-state index contributed by atoms with van der Waals surface area (Å²) in [5.41, 5.74) is 3.75. The number of aromatic hydroxyl groups is 1. The van der Waals surface area contributed by atoms with Crippen molar-refractivity contribution in [3.05, 3.63) is 70.0 Å². The van der Waals surface area contributed by atoms with Crippen molar-refractivity contribution in [2.24, 2.45) is 17.6 Å². The van der Waals surface area contributed by atoms with Gasteiger partial charge in [-0.1, -0.05) is 30.3 Å². The number of carbonyl (C=O) groups excluding carboxylic acids is 3. The third-order valence-electron chi connectivity index (χ3n) is 7.87. The number of nitrogens with two attached hydrogens (primary N) is 1.